The standard InChI is InChI=1S/C14H16O3/c1-14(2,3)17-13(16)11-8-9-6-4-5-7-10(9)12(11)15/h4-7,11H,8H2,1-3H3/t11-/m1/s1. The Kier molecular flexibility index (Phi) is 2.77. The van der Waals surface area contributed by atoms with Gasteiger partial charge in [-0.05, 0) is 32.8 Å². The van der Waals surface area contributed by atoms with Gasteiger partial charge in [-0.3, -0.25) is 9.59 Å². The average Bonchev–Trinajstić information content (AvgIpc) is 2.55. The topological polar surface area (TPSA) is 43.4 Å². The van der Waals surface area contributed by atoms with Crippen LogP contribution < -0.4 is 0 Å². The summed E-state index contributed by atoms with van der Waals surface area (Å²) in [5.41, 5.74) is 1.04. The maximum atomic E-state index is 12.0. The van der Waals surface area contributed by atoms with Gasteiger partial charge in [0.15, 0.2) is 5.78 Å². The lowest BCUT2D eigenvalue weighted by atomic mass is 10.1. The van der Waals surface area contributed by atoms with Crippen molar-refractivity contribution in [2.24, 2.45) is 5.92 Å². The Bertz CT molecular complexity index is 469. The van der Waals surface area contributed by atoms with Gasteiger partial charge in [-0.1, -0.05) is 24.3 Å². The highest BCUT2D eigenvalue weighted by Gasteiger charge is 2.38. The van der Waals surface area contributed by atoms with Crippen molar-refractivity contribution < 1.29 is 14.3 Å². The molecule has 0 saturated carbocycles. The Morgan fingerprint density at radius 1 is 1.29 bits per heavy atom. The summed E-state index contributed by atoms with van der Waals surface area (Å²) in [5.74, 6) is -1.19. The van der Waals surface area contributed by atoms with Crippen LogP contribution in [0.4, 0.5) is 0 Å². The number of ether oxygens (including phenoxy) is 1. The van der Waals surface area contributed by atoms with Crippen LogP contribution in [0.5, 0.6) is 0 Å². The van der Waals surface area contributed by atoms with Crippen molar-refractivity contribution in [2.45, 2.75) is 32.8 Å². The molecule has 0 radical (unpaired) electrons. The Balaban J connectivity index is 2.18. The van der Waals surface area contributed by atoms with Crippen molar-refractivity contribution in [3.05, 3.63) is 35.4 Å². The minimum absolute atomic E-state index is 0.116. The fourth-order valence-electron chi connectivity index (χ4n) is 2.00. The van der Waals surface area contributed by atoms with Crippen LogP contribution in [0.25, 0.3) is 0 Å². The minimum Gasteiger partial charge on any atom is -0.459 e. The highest BCUT2D eigenvalue weighted by molar-refractivity contribution is 6.12. The predicted molar refractivity (Wildman–Crippen MR) is 63.8 cm³/mol. The van der Waals surface area contributed by atoms with E-state index in [1.807, 2.05) is 18.2 Å². The number of hydrogen-bond donors (Lipinski definition) is 0. The normalized spacial score (nSPS) is 19.0. The maximum absolute atomic E-state index is 12.0. The largest absolute Gasteiger partial charge is 0.459 e. The molecule has 0 fully saturated rings. The van der Waals surface area contributed by atoms with Gasteiger partial charge in [0.05, 0.1) is 0 Å². The van der Waals surface area contributed by atoms with Crippen LogP contribution in [0.2, 0.25) is 0 Å². The lowest BCUT2D eigenvalue weighted by Gasteiger charge is -2.21. The smallest absolute Gasteiger partial charge is 0.317 e. The SMILES string of the molecule is CC(C)(C)OC(=O)[C@@H]1Cc2ccccc2C1=O. The number of esters is 1. The summed E-state index contributed by atoms with van der Waals surface area (Å²) in [7, 11) is 0. The van der Waals surface area contributed by atoms with E-state index in [2.05, 4.69) is 0 Å². The molecule has 0 spiro atoms. The number of rotatable bonds is 1. The average molecular weight is 232 g/mol. The molecule has 1 aliphatic carbocycles. The molecule has 0 amide bonds. The summed E-state index contributed by atoms with van der Waals surface area (Å²) in [6.45, 7) is 5.41. The summed E-state index contributed by atoms with van der Waals surface area (Å²) in [4.78, 5) is 23.9. The van der Waals surface area contributed by atoms with E-state index in [0.717, 1.165) is 5.56 Å². The molecule has 0 aliphatic heterocycles. The quantitative estimate of drug-likeness (QED) is 0.551. The number of carbonyl (C=O) groups is 2. The van der Waals surface area contributed by atoms with Crippen LogP contribution in [0.15, 0.2) is 24.3 Å². The van der Waals surface area contributed by atoms with Gasteiger partial charge in [0.1, 0.15) is 11.5 Å². The highest BCUT2D eigenvalue weighted by Crippen LogP contribution is 2.28. The number of ketones is 1. The van der Waals surface area contributed by atoms with Crippen LogP contribution in [0, 0.1) is 5.92 Å². The van der Waals surface area contributed by atoms with Crippen molar-refractivity contribution in [3.8, 4) is 0 Å². The summed E-state index contributed by atoms with van der Waals surface area (Å²) in [5, 5.41) is 0. The lowest BCUT2D eigenvalue weighted by Crippen LogP contribution is -2.31. The number of carbonyl (C=O) groups excluding carboxylic acids is 2. The van der Waals surface area contributed by atoms with Gasteiger partial charge in [0.2, 0.25) is 0 Å². The van der Waals surface area contributed by atoms with Crippen LogP contribution in [-0.2, 0) is 16.0 Å². The van der Waals surface area contributed by atoms with E-state index in [1.165, 1.54) is 0 Å². The van der Waals surface area contributed by atoms with Crippen molar-refractivity contribution in [2.75, 3.05) is 0 Å². The van der Waals surface area contributed by atoms with E-state index in [1.54, 1.807) is 26.8 Å². The number of fused-ring (bicyclic) bond motifs is 1. The Morgan fingerprint density at radius 3 is 2.53 bits per heavy atom. The first-order valence-electron chi connectivity index (χ1n) is 5.73. The second kappa shape index (κ2) is 3.99. The van der Waals surface area contributed by atoms with E-state index < -0.39 is 17.5 Å². The molecule has 1 aromatic carbocycles. The van der Waals surface area contributed by atoms with Gasteiger partial charge < -0.3 is 4.74 Å². The van der Waals surface area contributed by atoms with Gasteiger partial charge in [-0.15, -0.1) is 0 Å². The summed E-state index contributed by atoms with van der Waals surface area (Å²) in [6.07, 6.45) is 0.462. The zero-order valence-corrected chi connectivity index (χ0v) is 10.3. The van der Waals surface area contributed by atoms with Crippen molar-refractivity contribution in [1.82, 2.24) is 0 Å². The minimum atomic E-state index is -0.661. The molecular weight excluding hydrogens is 216 g/mol. The van der Waals surface area contributed by atoms with E-state index >= 15 is 0 Å². The lowest BCUT2D eigenvalue weighted by molar-refractivity contribution is -0.157. The van der Waals surface area contributed by atoms with Crippen LogP contribution in [0.3, 0.4) is 0 Å². The number of hydrogen-bond acceptors (Lipinski definition) is 3. The fourth-order valence-corrected chi connectivity index (χ4v) is 2.00. The van der Waals surface area contributed by atoms with E-state index in [9.17, 15) is 9.59 Å². The van der Waals surface area contributed by atoms with Crippen molar-refractivity contribution in [3.63, 3.8) is 0 Å². The molecule has 1 aliphatic rings. The van der Waals surface area contributed by atoms with Crippen molar-refractivity contribution >= 4 is 11.8 Å². The molecule has 3 nitrogen and oxygen atoms in total. The molecule has 2 rings (SSSR count). The zero-order valence-electron chi connectivity index (χ0n) is 10.3. The molecule has 0 bridgehead atoms. The second-order valence-corrected chi connectivity index (χ2v) is 5.31. The molecular formula is C14H16O3. The summed E-state index contributed by atoms with van der Waals surface area (Å²) < 4.78 is 5.26. The highest BCUT2D eigenvalue weighted by atomic mass is 16.6. The van der Waals surface area contributed by atoms with E-state index in [4.69, 9.17) is 4.74 Å². The van der Waals surface area contributed by atoms with E-state index in [0.29, 0.717) is 12.0 Å². The fraction of sp³-hybridized carbons (Fsp3) is 0.429. The monoisotopic (exact) mass is 232 g/mol. The van der Waals surface area contributed by atoms with Crippen LogP contribution >= 0.6 is 0 Å². The molecule has 1 atom stereocenters. The third-order valence-corrected chi connectivity index (χ3v) is 2.71. The molecule has 0 saturated heterocycles. The molecule has 1 aromatic rings. The van der Waals surface area contributed by atoms with Gasteiger partial charge in [0.25, 0.3) is 0 Å². The molecule has 0 unspecified atom stereocenters. The van der Waals surface area contributed by atoms with Gasteiger partial charge in [0, 0.05) is 5.56 Å². The first-order valence-corrected chi connectivity index (χ1v) is 5.73. The van der Waals surface area contributed by atoms with Gasteiger partial charge in [-0.2, -0.15) is 0 Å². The first kappa shape index (κ1) is 11.8. The third-order valence-electron chi connectivity index (χ3n) is 2.71. The maximum Gasteiger partial charge on any atom is 0.317 e. The zero-order chi connectivity index (χ0) is 12.6. The Morgan fingerprint density at radius 2 is 1.94 bits per heavy atom. The molecule has 0 N–H and O–H groups in total. The Hall–Kier alpha value is -1.64. The third kappa shape index (κ3) is 2.38. The van der Waals surface area contributed by atoms with Gasteiger partial charge >= 0.3 is 5.97 Å². The molecule has 17 heavy (non-hydrogen) atoms. The molecule has 3 heteroatoms. The number of benzene rings is 1. The van der Waals surface area contributed by atoms with Gasteiger partial charge in [-0.25, -0.2) is 0 Å². The second-order valence-electron chi connectivity index (χ2n) is 5.31. The Labute approximate surface area is 101 Å². The van der Waals surface area contributed by atoms with Crippen LogP contribution in [-0.4, -0.2) is 17.4 Å². The summed E-state index contributed by atoms with van der Waals surface area (Å²) in [6, 6.07) is 7.34. The predicted octanol–water partition coefficient (Wildman–Crippen LogP) is 2.38. The summed E-state index contributed by atoms with van der Waals surface area (Å²) >= 11 is 0. The number of Topliss-reactive ketones (excluding diaryl/α,β-unsaturated/α-hetero) is 1. The molecule has 0 heterocycles. The van der Waals surface area contributed by atoms with Crippen molar-refractivity contribution in [1.29, 1.82) is 0 Å². The van der Waals surface area contributed by atoms with Crippen LogP contribution in [0.1, 0.15) is 36.7 Å². The van der Waals surface area contributed by atoms with E-state index in [-0.39, 0.29) is 5.78 Å². The molecule has 0 aromatic heterocycles. The molecule has 90 valence electrons. The first-order chi connectivity index (χ1) is 7.88.